The van der Waals surface area contributed by atoms with Gasteiger partial charge in [-0.25, -0.2) is 0 Å². The predicted molar refractivity (Wildman–Crippen MR) is 74.0 cm³/mol. The highest BCUT2D eigenvalue weighted by Crippen LogP contribution is 2.39. The monoisotopic (exact) mass is 277 g/mol. The molecule has 1 aromatic rings. The van der Waals surface area contributed by atoms with Crippen LogP contribution in [0.2, 0.25) is 5.02 Å². The molecule has 19 heavy (non-hydrogen) atoms. The molecule has 0 bridgehead atoms. The second-order valence-electron chi connectivity index (χ2n) is 5.19. The zero-order valence-electron chi connectivity index (χ0n) is 10.5. The zero-order valence-corrected chi connectivity index (χ0v) is 11.2. The van der Waals surface area contributed by atoms with E-state index in [-0.39, 0.29) is 18.2 Å². The van der Waals surface area contributed by atoms with Gasteiger partial charge in [0.15, 0.2) is 0 Å². The first-order valence-corrected chi connectivity index (χ1v) is 6.92. The van der Waals surface area contributed by atoms with Gasteiger partial charge in [-0.15, -0.1) is 0 Å². The highest BCUT2D eigenvalue weighted by molar-refractivity contribution is 6.30. The van der Waals surface area contributed by atoms with Crippen LogP contribution >= 0.6 is 11.6 Å². The van der Waals surface area contributed by atoms with E-state index in [1.165, 1.54) is 0 Å². The summed E-state index contributed by atoms with van der Waals surface area (Å²) in [4.78, 5) is 0. The summed E-state index contributed by atoms with van der Waals surface area (Å²) in [6.45, 7) is 0.803. The van der Waals surface area contributed by atoms with Crippen molar-refractivity contribution in [2.75, 3.05) is 11.9 Å². The molecular formula is C14H16ClN3O. The lowest BCUT2D eigenvalue weighted by Crippen LogP contribution is -2.69. The van der Waals surface area contributed by atoms with Gasteiger partial charge >= 0.3 is 0 Å². The Hall–Kier alpha value is -1.28. The maximum Gasteiger partial charge on any atom is 0.101 e. The summed E-state index contributed by atoms with van der Waals surface area (Å²) in [6.07, 6.45) is 2.40. The van der Waals surface area contributed by atoms with Crippen LogP contribution in [0.15, 0.2) is 18.2 Å². The van der Waals surface area contributed by atoms with Gasteiger partial charge in [-0.1, -0.05) is 11.6 Å². The molecule has 3 rings (SSSR count). The average Bonchev–Trinajstić information content (AvgIpc) is 2.45. The Kier molecular flexibility index (Phi) is 3.36. The Morgan fingerprint density at radius 3 is 3.11 bits per heavy atom. The van der Waals surface area contributed by atoms with Gasteiger partial charge in [0.25, 0.3) is 0 Å². The molecule has 4 nitrogen and oxygen atoms in total. The largest absolute Gasteiger partial charge is 0.377 e. The van der Waals surface area contributed by atoms with Crippen molar-refractivity contribution in [2.24, 2.45) is 11.7 Å². The molecule has 4 unspecified atom stereocenters. The highest BCUT2D eigenvalue weighted by atomic mass is 35.5. The van der Waals surface area contributed by atoms with Crippen molar-refractivity contribution in [3.05, 3.63) is 28.8 Å². The number of ether oxygens (including phenoxy) is 1. The van der Waals surface area contributed by atoms with Crippen molar-refractivity contribution in [1.29, 1.82) is 5.26 Å². The molecule has 0 amide bonds. The number of rotatable bonds is 2. The molecule has 2 aliphatic rings. The minimum atomic E-state index is 0.0820. The van der Waals surface area contributed by atoms with E-state index in [0.29, 0.717) is 16.5 Å². The average molecular weight is 278 g/mol. The molecule has 1 aliphatic carbocycles. The van der Waals surface area contributed by atoms with Crippen LogP contribution in [0.25, 0.3) is 0 Å². The number of hydrogen-bond acceptors (Lipinski definition) is 4. The van der Waals surface area contributed by atoms with Crippen molar-refractivity contribution in [2.45, 2.75) is 31.0 Å². The van der Waals surface area contributed by atoms with Crippen molar-refractivity contribution < 1.29 is 4.74 Å². The number of fused-ring (bicyclic) bond motifs is 1. The summed E-state index contributed by atoms with van der Waals surface area (Å²) in [5.74, 6) is 0.448. The maximum atomic E-state index is 9.13. The summed E-state index contributed by atoms with van der Waals surface area (Å²) in [7, 11) is 0. The topological polar surface area (TPSA) is 71.1 Å². The first kappa shape index (κ1) is 12.7. The highest BCUT2D eigenvalue weighted by Gasteiger charge is 2.50. The third kappa shape index (κ3) is 2.18. The second kappa shape index (κ2) is 5.01. The molecule has 0 spiro atoms. The van der Waals surface area contributed by atoms with Gasteiger partial charge in [0, 0.05) is 23.6 Å². The van der Waals surface area contributed by atoms with Gasteiger partial charge in [0.05, 0.1) is 23.4 Å². The molecule has 4 atom stereocenters. The quantitative estimate of drug-likeness (QED) is 0.869. The number of benzene rings is 1. The Balaban J connectivity index is 1.77. The van der Waals surface area contributed by atoms with Crippen LogP contribution in [0, 0.1) is 17.2 Å². The summed E-state index contributed by atoms with van der Waals surface area (Å²) in [5.41, 5.74) is 7.51. The molecule has 0 radical (unpaired) electrons. The lowest BCUT2D eigenvalue weighted by molar-refractivity contribution is -0.104. The van der Waals surface area contributed by atoms with E-state index in [1.54, 1.807) is 12.1 Å². The Labute approximate surface area is 117 Å². The van der Waals surface area contributed by atoms with Crippen LogP contribution in [-0.4, -0.2) is 24.8 Å². The number of nitrogens with one attached hydrogen (secondary N) is 1. The zero-order chi connectivity index (χ0) is 13.4. The smallest absolute Gasteiger partial charge is 0.101 e. The van der Waals surface area contributed by atoms with E-state index in [1.807, 2.05) is 6.07 Å². The maximum absolute atomic E-state index is 9.13. The summed E-state index contributed by atoms with van der Waals surface area (Å²) in [6, 6.07) is 7.58. The Morgan fingerprint density at radius 1 is 1.47 bits per heavy atom. The van der Waals surface area contributed by atoms with Gasteiger partial charge < -0.3 is 15.8 Å². The molecule has 100 valence electrons. The first-order chi connectivity index (χ1) is 9.20. The van der Waals surface area contributed by atoms with E-state index in [4.69, 9.17) is 27.3 Å². The number of nitrogens with zero attached hydrogens (tertiary/aromatic N) is 1. The molecule has 1 aromatic carbocycles. The predicted octanol–water partition coefficient (Wildman–Crippen LogP) is 2.13. The van der Waals surface area contributed by atoms with Crippen LogP contribution in [-0.2, 0) is 4.74 Å². The van der Waals surface area contributed by atoms with Crippen molar-refractivity contribution in [1.82, 2.24) is 0 Å². The lowest BCUT2D eigenvalue weighted by atomic mass is 9.68. The molecule has 1 saturated heterocycles. The van der Waals surface area contributed by atoms with E-state index in [0.717, 1.165) is 25.1 Å². The van der Waals surface area contributed by atoms with Gasteiger partial charge in [0.2, 0.25) is 0 Å². The standard InChI is InChI=1S/C14H16ClN3O/c15-9-3-4-11(8(6-9)7-16)18-13-12(17)10-2-1-5-19-14(10)13/h3-4,6,10,12-14,18H,1-2,5,17H2. The summed E-state index contributed by atoms with van der Waals surface area (Å²) >= 11 is 5.89. The second-order valence-corrected chi connectivity index (χ2v) is 5.63. The molecule has 3 N–H and O–H groups in total. The van der Waals surface area contributed by atoms with Crippen LogP contribution in [0.5, 0.6) is 0 Å². The lowest BCUT2D eigenvalue weighted by Gasteiger charge is -2.52. The molecule has 5 heteroatoms. The minimum Gasteiger partial charge on any atom is -0.377 e. The molecule has 1 heterocycles. The summed E-state index contributed by atoms with van der Waals surface area (Å²) < 4.78 is 5.78. The van der Waals surface area contributed by atoms with Gasteiger partial charge in [0.1, 0.15) is 6.07 Å². The number of nitrogens with two attached hydrogens (primary N) is 1. The number of anilines is 1. The third-order valence-corrected chi connectivity index (χ3v) is 4.34. The third-order valence-electron chi connectivity index (χ3n) is 4.10. The molecular weight excluding hydrogens is 262 g/mol. The number of nitriles is 1. The molecule has 0 aromatic heterocycles. The molecule has 1 aliphatic heterocycles. The number of hydrogen-bond donors (Lipinski definition) is 2. The normalized spacial score (nSPS) is 32.9. The van der Waals surface area contributed by atoms with E-state index < -0.39 is 0 Å². The van der Waals surface area contributed by atoms with E-state index in [9.17, 15) is 0 Å². The Morgan fingerprint density at radius 2 is 2.32 bits per heavy atom. The van der Waals surface area contributed by atoms with E-state index in [2.05, 4.69) is 11.4 Å². The molecule has 2 fully saturated rings. The summed E-state index contributed by atoms with van der Waals surface area (Å²) in [5, 5.41) is 13.0. The fourth-order valence-corrected chi connectivity index (χ4v) is 3.21. The molecule has 1 saturated carbocycles. The first-order valence-electron chi connectivity index (χ1n) is 6.54. The van der Waals surface area contributed by atoms with Gasteiger partial charge in [-0.3, -0.25) is 0 Å². The number of halogens is 1. The van der Waals surface area contributed by atoms with Crippen LogP contribution in [0.4, 0.5) is 5.69 Å². The van der Waals surface area contributed by atoms with Gasteiger partial charge in [-0.2, -0.15) is 5.26 Å². The van der Waals surface area contributed by atoms with Crippen LogP contribution in [0.3, 0.4) is 0 Å². The van der Waals surface area contributed by atoms with Crippen LogP contribution < -0.4 is 11.1 Å². The van der Waals surface area contributed by atoms with Crippen molar-refractivity contribution >= 4 is 17.3 Å². The minimum absolute atomic E-state index is 0.0820. The SMILES string of the molecule is N#Cc1cc(Cl)ccc1NC1C(N)C2CCCOC21. The van der Waals surface area contributed by atoms with Crippen molar-refractivity contribution in [3.63, 3.8) is 0 Å². The van der Waals surface area contributed by atoms with E-state index >= 15 is 0 Å². The Bertz CT molecular complexity index is 528. The van der Waals surface area contributed by atoms with Crippen LogP contribution in [0.1, 0.15) is 18.4 Å². The fourth-order valence-electron chi connectivity index (χ4n) is 3.04. The fraction of sp³-hybridized carbons (Fsp3) is 0.500. The van der Waals surface area contributed by atoms with Crippen molar-refractivity contribution in [3.8, 4) is 6.07 Å². The van der Waals surface area contributed by atoms with Gasteiger partial charge in [-0.05, 0) is 31.0 Å².